The van der Waals surface area contributed by atoms with Crippen LogP contribution in [0.5, 0.6) is 0 Å². The number of primary amides is 2. The van der Waals surface area contributed by atoms with Crippen molar-refractivity contribution in [2.75, 3.05) is 79.2 Å². The second-order valence-electron chi connectivity index (χ2n) is 32.8. The summed E-state index contributed by atoms with van der Waals surface area (Å²) >= 11 is 0. The van der Waals surface area contributed by atoms with Gasteiger partial charge in [0.25, 0.3) is 5.91 Å². The standard InChI is InChI=1S/C84H130N9O38P/c1-43(2)18-15-21-45(4)23-22-44(3)19-13-11-10-12-14-20-46(5)30-35-119-55(77(110)111)42-121-132(114,115)131-82-70(71(130-83(87)112)84(9,113)72(129-82)73(86)108)128-79-58(90-49(8)96)61(102)68(54(124-79)41-120-80-65(106)62(103)59(100)53(40-94)123-80)126-78-57(89-48(7)95)60(101)67(47(6)122-78)125-81-66(107)63(104)64(105)69(127-81)75-91-74(52(97)28-29-56(98)99)92-93(75)51-26-24-50(25-27-51)76(109)88-32-17-34-117-37-39-118-38-36-116-33-16-31-85/h10,12,18,23-27,30,47,53-55,57-72,78-82,94,100-107,113H,3,11,13-17,19-22,28-29,31-42,85H2,1-2,4-9H3,(H2,86,108)(H2,87,112)(H,88,109)(H,89,95)(H,90,96)(H,98,99)(H,110,111)(H,114,115)/b12-10+,45-23+,46-30-/t47-,53-,54-,55-,57-,58-,59-,60-,61-,62+,63+,64-,65-,66-,67-,68-,69+,70-,71-,72-,78+,79+,80-,81-,82-,84+/m1/s1. The Bertz CT molecular complexity index is 4230. The molecular weight excluding hydrogens is 1770 g/mol. The number of Topliss-reactive ketones (excluding diaryl/α,β-unsaturated/α-hetero) is 1. The molecule has 6 heterocycles. The number of phosphoric acid groups is 1. The van der Waals surface area contributed by atoms with Crippen LogP contribution in [0.3, 0.4) is 0 Å². The van der Waals surface area contributed by atoms with Crippen molar-refractivity contribution < 1.29 is 184 Å². The lowest BCUT2D eigenvalue weighted by atomic mass is 9.85. The Balaban J connectivity index is 1.12. The summed E-state index contributed by atoms with van der Waals surface area (Å²) in [5, 5.41) is 147. The third kappa shape index (κ3) is 33.5. The number of ether oxygens (including phenoxy) is 14. The number of rotatable bonds is 55. The van der Waals surface area contributed by atoms with Crippen LogP contribution in [0.2, 0.25) is 0 Å². The Hall–Kier alpha value is -8.03. The zero-order valence-corrected chi connectivity index (χ0v) is 75.7. The number of carbonyl (C=O) groups excluding carboxylic acids is 6. The van der Waals surface area contributed by atoms with Gasteiger partial charge in [-0.25, -0.2) is 23.8 Å². The second kappa shape index (κ2) is 54.1. The Labute approximate surface area is 761 Å². The molecule has 132 heavy (non-hydrogen) atoms. The SMILES string of the molecule is C=C(C/C=C(\C)CCC=C(C)C)CCC/C=C/CC/C(C)=C\CO[C@H](COP(=O)(O)O[C@H]1O[C@H](C(N)=O)[C@@](C)(O)[C@H](OC(N)=O)[C@H]1O[C@@H]1O[C@H](CO[C@@H]2O[C@H](CO)[C@@H](O)[C@H](O)[C@H]2O)[C@@H](O[C@@H]2O[C@H](C)[C@@H](O[C@@H]3O[C@H](c4nc(C(=O)CCC(=O)O)nn4-c4ccc(C(=O)NCCCOCCOCCOCCCN)cc4)[C@H](O)[C@H](O)[C@H]3O)[C@H](O)[C@H]2NC(C)=O)[C@H](O)[C@H]1NC(C)=O)C(=O)O. The number of nitrogens with one attached hydrogen (secondary N) is 3. The largest absolute Gasteiger partial charge is 0.481 e. The monoisotopic (exact) mass is 1900 g/mol. The first-order valence-corrected chi connectivity index (χ1v) is 44.7. The highest BCUT2D eigenvalue weighted by atomic mass is 31.2. The maximum Gasteiger partial charge on any atom is 0.474 e. The molecule has 0 saturated carbocycles. The number of carboxylic acid groups (broad SMARTS) is 2. The van der Waals surface area contributed by atoms with Crippen LogP contribution in [0.1, 0.15) is 165 Å². The topological polar surface area (TPSA) is 709 Å². The second-order valence-corrected chi connectivity index (χ2v) is 34.2. The number of nitrogens with two attached hydrogens (primary N) is 3. The average molecular weight is 1900 g/mol. The van der Waals surface area contributed by atoms with Gasteiger partial charge in [-0.3, -0.25) is 37.8 Å². The van der Waals surface area contributed by atoms with Crippen LogP contribution in [0.15, 0.2) is 83.5 Å². The quantitative estimate of drug-likeness (QED) is 0.0157. The summed E-state index contributed by atoms with van der Waals surface area (Å²) in [5.41, 5.74) is 18.4. The molecule has 48 heteroatoms. The number of carboxylic acids is 2. The highest BCUT2D eigenvalue weighted by Gasteiger charge is 2.63. The van der Waals surface area contributed by atoms with E-state index in [9.17, 15) is 109 Å². The molecule has 5 amide bonds. The molecule has 2 aromatic rings. The summed E-state index contributed by atoms with van der Waals surface area (Å²) in [6.45, 7) is 15.3. The van der Waals surface area contributed by atoms with E-state index in [1.54, 1.807) is 13.0 Å². The number of phosphoric ester groups is 1. The summed E-state index contributed by atoms with van der Waals surface area (Å²) < 4.78 is 108. The van der Waals surface area contributed by atoms with E-state index in [2.05, 4.69) is 71.6 Å². The predicted molar refractivity (Wildman–Crippen MR) is 455 cm³/mol. The molecular formula is C84H130N9O38P. The number of aliphatic hydroxyl groups excluding tert-OH is 9. The van der Waals surface area contributed by atoms with Crippen LogP contribution in [0.25, 0.3) is 5.69 Å². The van der Waals surface area contributed by atoms with Crippen molar-refractivity contribution in [3.8, 4) is 5.69 Å². The van der Waals surface area contributed by atoms with Crippen molar-refractivity contribution >= 4 is 55.3 Å². The third-order valence-electron chi connectivity index (χ3n) is 21.7. The minimum Gasteiger partial charge on any atom is -0.481 e. The third-order valence-corrected chi connectivity index (χ3v) is 22.6. The molecule has 27 atom stereocenters. The summed E-state index contributed by atoms with van der Waals surface area (Å²) in [6, 6.07) is 1.37. The molecule has 5 fully saturated rings. The molecule has 47 nitrogen and oxygen atoms in total. The minimum absolute atomic E-state index is 0.0397. The number of aliphatic hydroxyl groups is 10. The maximum absolute atomic E-state index is 14.2. The van der Waals surface area contributed by atoms with E-state index in [1.807, 2.05) is 6.08 Å². The van der Waals surface area contributed by atoms with Gasteiger partial charge in [-0.05, 0) is 137 Å². The van der Waals surface area contributed by atoms with Gasteiger partial charge in [-0.2, -0.15) is 0 Å². The van der Waals surface area contributed by atoms with Crippen LogP contribution < -0.4 is 33.2 Å². The van der Waals surface area contributed by atoms with E-state index in [0.717, 1.165) is 81.5 Å². The van der Waals surface area contributed by atoms with Gasteiger partial charge in [0.15, 0.2) is 61.7 Å². The van der Waals surface area contributed by atoms with E-state index in [-0.39, 0.29) is 31.0 Å². The van der Waals surface area contributed by atoms with Crippen molar-refractivity contribution in [1.29, 1.82) is 0 Å². The summed E-state index contributed by atoms with van der Waals surface area (Å²) in [7, 11) is -5.88. The Morgan fingerprint density at radius 1 is 0.644 bits per heavy atom. The molecule has 0 aliphatic carbocycles. The summed E-state index contributed by atoms with van der Waals surface area (Å²) in [5.74, 6) is -9.15. The minimum atomic E-state index is -5.88. The zero-order valence-electron chi connectivity index (χ0n) is 74.8. The Morgan fingerprint density at radius 3 is 1.84 bits per heavy atom. The Morgan fingerprint density at radius 2 is 1.23 bits per heavy atom. The van der Waals surface area contributed by atoms with E-state index >= 15 is 0 Å². The molecule has 7 rings (SSSR count). The predicted octanol–water partition coefficient (Wildman–Crippen LogP) is -1.39. The lowest BCUT2D eigenvalue weighted by molar-refractivity contribution is -0.376. The number of aliphatic carboxylic acids is 2. The fourth-order valence-electron chi connectivity index (χ4n) is 14.5. The lowest BCUT2D eigenvalue weighted by Crippen LogP contribution is -2.72. The van der Waals surface area contributed by atoms with Crippen LogP contribution in [-0.2, 0) is 104 Å². The van der Waals surface area contributed by atoms with Crippen LogP contribution >= 0.6 is 7.82 Å². The number of hydrogen-bond donors (Lipinski definition) is 19. The molecule has 1 aromatic heterocycles. The number of hydrogen-bond acceptors (Lipinski definition) is 38. The van der Waals surface area contributed by atoms with Crippen molar-refractivity contribution in [3.05, 3.63) is 101 Å². The molecule has 5 aliphatic heterocycles. The van der Waals surface area contributed by atoms with E-state index in [0.29, 0.717) is 58.8 Å². The average Bonchev–Trinajstić information content (AvgIpc) is 1.15. The van der Waals surface area contributed by atoms with Crippen molar-refractivity contribution in [3.63, 3.8) is 0 Å². The lowest BCUT2D eigenvalue weighted by Gasteiger charge is -2.52. The van der Waals surface area contributed by atoms with Gasteiger partial charge in [0.05, 0.1) is 71.1 Å². The number of aromatic nitrogens is 3. The van der Waals surface area contributed by atoms with Crippen molar-refractivity contribution in [2.24, 2.45) is 17.2 Å². The van der Waals surface area contributed by atoms with Crippen molar-refractivity contribution in [1.82, 2.24) is 30.7 Å². The summed E-state index contributed by atoms with van der Waals surface area (Å²) in [4.78, 5) is 120. The molecule has 0 spiro atoms. The molecule has 0 radical (unpaired) electrons. The fraction of sp³-hybridized carbons (Fsp3) is 0.690. The maximum atomic E-state index is 14.2. The van der Waals surface area contributed by atoms with Crippen LogP contribution in [0, 0.1) is 0 Å². The number of carbonyl (C=O) groups is 8. The number of allylic oxidation sites excluding steroid dienone is 8. The first kappa shape index (κ1) is 111. The molecule has 744 valence electrons. The molecule has 5 saturated heterocycles. The van der Waals surface area contributed by atoms with E-state index < -0.39 is 259 Å². The van der Waals surface area contributed by atoms with E-state index in [4.69, 9.17) is 92.6 Å². The fourth-order valence-corrected chi connectivity index (χ4v) is 15.3. The number of benzene rings is 1. The van der Waals surface area contributed by atoms with Gasteiger partial charge < -0.3 is 166 Å². The highest BCUT2D eigenvalue weighted by molar-refractivity contribution is 7.47. The van der Waals surface area contributed by atoms with Crippen LogP contribution in [0.4, 0.5) is 4.79 Å². The molecule has 1 unspecified atom stereocenters. The van der Waals surface area contributed by atoms with Gasteiger partial charge in [-0.1, -0.05) is 59.3 Å². The number of amides is 5. The first-order valence-electron chi connectivity index (χ1n) is 43.2. The molecule has 1 aromatic carbocycles. The first-order chi connectivity index (χ1) is 62.5. The molecule has 22 N–H and O–H groups in total. The normalized spacial score (nSPS) is 30.6. The zero-order chi connectivity index (χ0) is 97.4. The number of unbranched alkanes of at least 4 members (excludes halogenated alkanes) is 1. The van der Waals surface area contributed by atoms with Gasteiger partial charge in [0.2, 0.25) is 29.3 Å². The molecule has 5 aliphatic rings. The highest BCUT2D eigenvalue weighted by Crippen LogP contribution is 2.49. The van der Waals surface area contributed by atoms with Gasteiger partial charge in [0.1, 0.15) is 97.0 Å². The number of nitrogens with zero attached hydrogens (tertiary/aromatic N) is 3. The molecule has 0 bridgehead atoms. The smallest absolute Gasteiger partial charge is 0.474 e. The van der Waals surface area contributed by atoms with Gasteiger partial charge in [0, 0.05) is 45.6 Å². The van der Waals surface area contributed by atoms with Gasteiger partial charge >= 0.3 is 25.9 Å². The van der Waals surface area contributed by atoms with Gasteiger partial charge in [-0.15, -0.1) is 5.10 Å². The number of ketones is 1. The van der Waals surface area contributed by atoms with E-state index in [1.165, 1.54) is 42.3 Å². The Kier molecular flexibility index (Phi) is 45.4. The van der Waals surface area contributed by atoms with Crippen LogP contribution in [-0.4, -0.2) is 360 Å². The summed E-state index contributed by atoms with van der Waals surface area (Å²) in [6.07, 6.45) is -35.0. The van der Waals surface area contributed by atoms with Crippen molar-refractivity contribution in [2.45, 2.75) is 291 Å².